The van der Waals surface area contributed by atoms with E-state index in [1.165, 1.54) is 16.2 Å². The first-order valence-electron chi connectivity index (χ1n) is 10.8. The van der Waals surface area contributed by atoms with Crippen molar-refractivity contribution < 1.29 is 9.84 Å². The Morgan fingerprint density at radius 2 is 1.97 bits per heavy atom. The maximum Gasteiger partial charge on any atom is 0.332 e. The first kappa shape index (κ1) is 23.8. The van der Waals surface area contributed by atoms with E-state index in [0.29, 0.717) is 32.7 Å². The van der Waals surface area contributed by atoms with Crippen LogP contribution in [0.15, 0.2) is 27.8 Å². The third-order valence-corrected chi connectivity index (χ3v) is 7.12. The molecule has 33 heavy (non-hydrogen) atoms. The summed E-state index contributed by atoms with van der Waals surface area (Å²) in [6.07, 6.45) is 2.67. The van der Waals surface area contributed by atoms with Gasteiger partial charge in [0.05, 0.1) is 16.6 Å². The number of nitrogens with one attached hydrogen (secondary N) is 1. The van der Waals surface area contributed by atoms with Gasteiger partial charge in [-0.25, -0.2) is 4.79 Å². The van der Waals surface area contributed by atoms with Crippen LogP contribution in [0, 0.1) is 5.92 Å². The van der Waals surface area contributed by atoms with Crippen molar-refractivity contribution in [2.24, 2.45) is 20.0 Å². The zero-order valence-corrected chi connectivity index (χ0v) is 20.2. The van der Waals surface area contributed by atoms with E-state index in [4.69, 9.17) is 27.9 Å². The minimum Gasteiger partial charge on any atom is -0.368 e. The van der Waals surface area contributed by atoms with Crippen molar-refractivity contribution in [3.8, 4) is 0 Å². The summed E-state index contributed by atoms with van der Waals surface area (Å²) in [5.41, 5.74) is 0.421. The zero-order chi connectivity index (χ0) is 23.9. The normalized spacial score (nSPS) is 19.7. The van der Waals surface area contributed by atoms with E-state index in [-0.39, 0.29) is 18.5 Å². The monoisotopic (exact) mass is 495 g/mol. The number of rotatable bonds is 6. The highest BCUT2D eigenvalue weighted by Gasteiger charge is 2.28. The van der Waals surface area contributed by atoms with Gasteiger partial charge in [0.1, 0.15) is 0 Å². The van der Waals surface area contributed by atoms with Gasteiger partial charge in [0.2, 0.25) is 5.95 Å². The number of aliphatic hydroxyl groups is 1. The van der Waals surface area contributed by atoms with Crippen LogP contribution in [-0.2, 0) is 25.4 Å². The average molecular weight is 496 g/mol. The number of aryl methyl sites for hydroxylation is 2. The molecule has 1 saturated carbocycles. The van der Waals surface area contributed by atoms with E-state index >= 15 is 0 Å². The third kappa shape index (κ3) is 4.55. The fraction of sp³-hybridized carbons (Fsp3) is 0.500. The van der Waals surface area contributed by atoms with Crippen molar-refractivity contribution in [2.75, 3.05) is 12.4 Å². The van der Waals surface area contributed by atoms with Gasteiger partial charge in [-0.05, 0) is 37.0 Å². The van der Waals surface area contributed by atoms with Gasteiger partial charge in [-0.3, -0.25) is 13.9 Å². The molecule has 0 amide bonds. The highest BCUT2D eigenvalue weighted by atomic mass is 35.5. The first-order chi connectivity index (χ1) is 15.7. The highest BCUT2D eigenvalue weighted by Crippen LogP contribution is 2.29. The van der Waals surface area contributed by atoms with E-state index in [2.05, 4.69) is 10.3 Å². The summed E-state index contributed by atoms with van der Waals surface area (Å²) < 4.78 is 9.31. The van der Waals surface area contributed by atoms with Gasteiger partial charge in [-0.2, -0.15) is 4.98 Å². The Morgan fingerprint density at radius 3 is 2.67 bits per heavy atom. The summed E-state index contributed by atoms with van der Waals surface area (Å²) in [5, 5.41) is 14.2. The molecule has 0 bridgehead atoms. The van der Waals surface area contributed by atoms with E-state index in [1.54, 1.807) is 36.9 Å². The minimum absolute atomic E-state index is 0.0312. The summed E-state index contributed by atoms with van der Waals surface area (Å²) in [7, 11) is 4.84. The molecule has 1 aliphatic rings. The Balaban J connectivity index is 1.69. The summed E-state index contributed by atoms with van der Waals surface area (Å²) in [4.78, 5) is 30.9. The molecule has 1 fully saturated rings. The molecular weight excluding hydrogens is 469 g/mol. The molecule has 0 saturated heterocycles. The van der Waals surface area contributed by atoms with E-state index in [9.17, 15) is 14.7 Å². The van der Waals surface area contributed by atoms with Crippen LogP contribution in [0.1, 0.15) is 31.2 Å². The largest absolute Gasteiger partial charge is 0.368 e. The molecule has 2 aromatic heterocycles. The van der Waals surface area contributed by atoms with Gasteiger partial charge < -0.3 is 19.7 Å². The van der Waals surface area contributed by atoms with Crippen molar-refractivity contribution >= 4 is 40.3 Å². The molecule has 3 atom stereocenters. The number of imidazole rings is 1. The predicted octanol–water partition coefficient (Wildman–Crippen LogP) is 2.72. The number of halogens is 2. The van der Waals surface area contributed by atoms with Gasteiger partial charge in [0.25, 0.3) is 5.56 Å². The molecule has 2 heterocycles. The van der Waals surface area contributed by atoms with Crippen molar-refractivity contribution in [1.29, 1.82) is 0 Å². The zero-order valence-electron chi connectivity index (χ0n) is 18.7. The number of hydrogen-bond acceptors (Lipinski definition) is 6. The number of aliphatic hydroxyl groups excluding tert-OH is 1. The summed E-state index contributed by atoms with van der Waals surface area (Å²) >= 11 is 12.1. The number of nitrogens with zero attached hydrogens (tertiary/aromatic N) is 4. The number of ether oxygens (including phenoxy) is 1. The van der Waals surface area contributed by atoms with Gasteiger partial charge in [0.15, 0.2) is 17.5 Å². The SMILES string of the molecule is COC(O)[C@H]1CCCC(Nc2nc3c(c(=O)n(Cc4ccc(Cl)c(Cl)c4)c(=O)n3C)n2C)C1. The Hall–Kier alpha value is -2.33. The summed E-state index contributed by atoms with van der Waals surface area (Å²) in [5.74, 6) is 0.533. The number of fused-ring (bicyclic) bond motifs is 1. The smallest absolute Gasteiger partial charge is 0.332 e. The Labute approximate surface area is 200 Å². The number of benzene rings is 1. The lowest BCUT2D eigenvalue weighted by Crippen LogP contribution is -2.39. The Kier molecular flexibility index (Phi) is 6.86. The van der Waals surface area contributed by atoms with Crippen LogP contribution in [0.2, 0.25) is 10.0 Å². The molecule has 2 N–H and O–H groups in total. The maximum atomic E-state index is 13.3. The van der Waals surface area contributed by atoms with E-state index in [0.717, 1.165) is 25.7 Å². The van der Waals surface area contributed by atoms with Gasteiger partial charge in [0, 0.05) is 33.2 Å². The molecule has 3 aromatic rings. The van der Waals surface area contributed by atoms with Crippen LogP contribution in [0.4, 0.5) is 5.95 Å². The molecule has 11 heteroatoms. The van der Waals surface area contributed by atoms with Gasteiger partial charge >= 0.3 is 5.69 Å². The Bertz CT molecular complexity index is 1300. The maximum absolute atomic E-state index is 13.3. The van der Waals surface area contributed by atoms with Crippen molar-refractivity contribution in [1.82, 2.24) is 18.7 Å². The molecule has 2 unspecified atom stereocenters. The lowest BCUT2D eigenvalue weighted by Gasteiger charge is -2.32. The van der Waals surface area contributed by atoms with Crippen LogP contribution >= 0.6 is 23.2 Å². The quantitative estimate of drug-likeness (QED) is 0.509. The van der Waals surface area contributed by atoms with Crippen LogP contribution in [0.3, 0.4) is 0 Å². The molecule has 0 radical (unpaired) electrons. The fourth-order valence-electron chi connectivity index (χ4n) is 4.53. The molecule has 178 valence electrons. The van der Waals surface area contributed by atoms with Crippen molar-refractivity contribution in [3.63, 3.8) is 0 Å². The third-order valence-electron chi connectivity index (χ3n) is 6.38. The van der Waals surface area contributed by atoms with E-state index in [1.807, 2.05) is 0 Å². The van der Waals surface area contributed by atoms with Gasteiger partial charge in [-0.1, -0.05) is 35.7 Å². The fourth-order valence-corrected chi connectivity index (χ4v) is 4.85. The van der Waals surface area contributed by atoms with Crippen molar-refractivity contribution in [3.05, 3.63) is 54.6 Å². The molecule has 0 aliphatic heterocycles. The van der Waals surface area contributed by atoms with Gasteiger partial charge in [-0.15, -0.1) is 0 Å². The number of hydrogen-bond donors (Lipinski definition) is 2. The standard InChI is InChI=1S/C22H27Cl2N5O4/c1-27-17-18(26-21(27)25-14-6-4-5-13(10-14)20(31)33-3)28(2)22(32)29(19(17)30)11-12-7-8-15(23)16(24)9-12/h7-9,13-14,20,31H,4-6,10-11H2,1-3H3,(H,25,26)/t13-,14?,20?/m0/s1. The number of anilines is 1. The van der Waals surface area contributed by atoms with Crippen molar-refractivity contribution in [2.45, 2.75) is 44.6 Å². The van der Waals surface area contributed by atoms with E-state index < -0.39 is 17.5 Å². The molecule has 4 rings (SSSR count). The topological polar surface area (TPSA) is 103 Å². The highest BCUT2D eigenvalue weighted by molar-refractivity contribution is 6.42. The average Bonchev–Trinajstić information content (AvgIpc) is 3.13. The number of aromatic nitrogens is 4. The van der Waals surface area contributed by atoms with Crippen LogP contribution < -0.4 is 16.6 Å². The molecule has 9 nitrogen and oxygen atoms in total. The minimum atomic E-state index is -0.801. The summed E-state index contributed by atoms with van der Waals surface area (Å²) in [6.45, 7) is 0.0610. The summed E-state index contributed by atoms with van der Waals surface area (Å²) in [6, 6.07) is 5.08. The molecule has 1 aliphatic carbocycles. The molecule has 0 spiro atoms. The van der Waals surface area contributed by atoms with Crippen LogP contribution in [0.5, 0.6) is 0 Å². The van der Waals surface area contributed by atoms with Crippen LogP contribution in [-0.4, -0.2) is 43.2 Å². The molecule has 1 aromatic carbocycles. The number of methoxy groups -OCH3 is 1. The second-order valence-corrected chi connectivity index (χ2v) is 9.36. The lowest BCUT2D eigenvalue weighted by atomic mass is 9.85. The second kappa shape index (κ2) is 9.50. The molecular formula is C22H27Cl2N5O4. The Morgan fingerprint density at radius 1 is 1.21 bits per heavy atom. The lowest BCUT2D eigenvalue weighted by molar-refractivity contribution is -0.120. The predicted molar refractivity (Wildman–Crippen MR) is 128 cm³/mol. The second-order valence-electron chi connectivity index (χ2n) is 8.54. The first-order valence-corrected chi connectivity index (χ1v) is 11.5. The van der Waals surface area contributed by atoms with Crippen LogP contribution in [0.25, 0.3) is 11.2 Å².